The van der Waals surface area contributed by atoms with Crippen LogP contribution in [0.5, 0.6) is 0 Å². The molecule has 2 unspecified atom stereocenters. The fourth-order valence-electron chi connectivity index (χ4n) is 1.40. The molecule has 19 heavy (non-hydrogen) atoms. The molecule has 0 radical (unpaired) electrons. The maximum atomic E-state index is 12.7. The van der Waals surface area contributed by atoms with Crippen molar-refractivity contribution in [1.29, 1.82) is 0 Å². The van der Waals surface area contributed by atoms with Crippen LogP contribution in [0.3, 0.4) is 0 Å². The highest BCUT2D eigenvalue weighted by Crippen LogP contribution is 2.22. The van der Waals surface area contributed by atoms with Crippen molar-refractivity contribution in [2.45, 2.75) is 31.4 Å². The van der Waals surface area contributed by atoms with Crippen LogP contribution in [-0.4, -0.2) is 38.8 Å². The van der Waals surface area contributed by atoms with Crippen molar-refractivity contribution >= 4 is 12.6 Å². The molecule has 0 aliphatic heterocycles. The third kappa shape index (κ3) is 3.92. The molecule has 8 heteroatoms. The van der Waals surface area contributed by atoms with E-state index in [-0.39, 0.29) is 6.73 Å². The van der Waals surface area contributed by atoms with Crippen molar-refractivity contribution in [3.63, 3.8) is 0 Å². The van der Waals surface area contributed by atoms with Gasteiger partial charge in [0.05, 0.1) is 17.5 Å². The second-order valence-electron chi connectivity index (χ2n) is 4.50. The molecule has 1 rings (SSSR count). The molecule has 6 nitrogen and oxygen atoms in total. The van der Waals surface area contributed by atoms with Gasteiger partial charge >= 0.3 is 5.69 Å². The highest BCUT2D eigenvalue weighted by Gasteiger charge is 2.31. The van der Waals surface area contributed by atoms with Crippen LogP contribution >= 0.6 is 12.6 Å². The summed E-state index contributed by atoms with van der Waals surface area (Å²) in [6, 6.07) is 0. The van der Waals surface area contributed by atoms with E-state index in [1.165, 1.54) is 13.1 Å². The van der Waals surface area contributed by atoms with Gasteiger partial charge in [0.15, 0.2) is 0 Å². The molecule has 0 saturated heterocycles. The van der Waals surface area contributed by atoms with E-state index < -0.39 is 35.4 Å². The Morgan fingerprint density at radius 3 is 2.79 bits per heavy atom. The molecule has 0 amide bonds. The van der Waals surface area contributed by atoms with Crippen LogP contribution in [0, 0.1) is 6.92 Å². The smallest absolute Gasteiger partial charge is 0.330 e. The zero-order valence-electron chi connectivity index (χ0n) is 10.7. The van der Waals surface area contributed by atoms with E-state index in [1.807, 2.05) is 0 Å². The maximum Gasteiger partial charge on any atom is 0.330 e. The van der Waals surface area contributed by atoms with Crippen molar-refractivity contribution in [3.05, 3.63) is 32.6 Å². The van der Waals surface area contributed by atoms with E-state index >= 15 is 0 Å². The van der Waals surface area contributed by atoms with E-state index in [1.54, 1.807) is 6.92 Å². The Morgan fingerprint density at radius 1 is 1.63 bits per heavy atom. The number of rotatable bonds is 6. The highest BCUT2D eigenvalue weighted by molar-refractivity contribution is 7.81. The minimum absolute atomic E-state index is 0.210. The van der Waals surface area contributed by atoms with Crippen LogP contribution < -0.4 is 11.2 Å². The van der Waals surface area contributed by atoms with Gasteiger partial charge in [0.25, 0.3) is 5.56 Å². The summed E-state index contributed by atoms with van der Waals surface area (Å²) in [7, 11) is 0. The summed E-state index contributed by atoms with van der Waals surface area (Å²) in [4.78, 5) is 24.8. The number of hydrogen-bond donors (Lipinski definition) is 3. The summed E-state index contributed by atoms with van der Waals surface area (Å²) in [6.07, 6.45) is 0.459. The van der Waals surface area contributed by atoms with Crippen molar-refractivity contribution in [2.24, 2.45) is 0 Å². The summed E-state index contributed by atoms with van der Waals surface area (Å²) >= 11 is 4.07. The zero-order valence-corrected chi connectivity index (χ0v) is 11.6. The Labute approximate surface area is 114 Å². The van der Waals surface area contributed by atoms with Gasteiger partial charge in [0, 0.05) is 11.8 Å². The van der Waals surface area contributed by atoms with E-state index in [0.717, 1.165) is 4.57 Å². The van der Waals surface area contributed by atoms with Gasteiger partial charge in [-0.15, -0.1) is 0 Å². The molecule has 2 atom stereocenters. The van der Waals surface area contributed by atoms with Crippen LogP contribution in [0.1, 0.15) is 12.5 Å². The molecule has 1 aromatic rings. The summed E-state index contributed by atoms with van der Waals surface area (Å²) in [5.74, 6) is 0. The Morgan fingerprint density at radius 2 is 2.26 bits per heavy atom. The third-order valence-electron chi connectivity index (χ3n) is 2.73. The lowest BCUT2D eigenvalue weighted by Gasteiger charge is -2.29. The van der Waals surface area contributed by atoms with Gasteiger partial charge in [-0.05, 0) is 13.8 Å². The third-order valence-corrected chi connectivity index (χ3v) is 3.14. The van der Waals surface area contributed by atoms with Crippen LogP contribution in [0.25, 0.3) is 0 Å². The molecule has 1 heterocycles. The van der Waals surface area contributed by atoms with Gasteiger partial charge in [0.2, 0.25) is 0 Å². The first-order valence-corrected chi connectivity index (χ1v) is 6.07. The molecule has 0 aromatic carbocycles. The average molecular weight is 292 g/mol. The number of nitrogens with zero attached hydrogens (tertiary/aromatic N) is 1. The van der Waals surface area contributed by atoms with Crippen molar-refractivity contribution in [1.82, 2.24) is 9.55 Å². The monoisotopic (exact) mass is 292 g/mol. The molecule has 0 saturated carbocycles. The van der Waals surface area contributed by atoms with Gasteiger partial charge in [-0.1, -0.05) is 0 Å². The van der Waals surface area contributed by atoms with Crippen LogP contribution in [0.2, 0.25) is 0 Å². The van der Waals surface area contributed by atoms with Crippen LogP contribution in [0.4, 0.5) is 4.39 Å². The van der Waals surface area contributed by atoms with Crippen LogP contribution in [-0.2, 0) is 11.5 Å². The van der Waals surface area contributed by atoms with Gasteiger partial charge < -0.3 is 9.84 Å². The molecular formula is C11H17FN2O4S. The fourth-order valence-corrected chi connectivity index (χ4v) is 1.56. The fraction of sp³-hybridized carbons (Fsp3) is 0.636. The number of aliphatic hydroxyl groups is 1. The van der Waals surface area contributed by atoms with E-state index in [4.69, 9.17) is 9.84 Å². The number of thiol groups is 1. The van der Waals surface area contributed by atoms with Crippen molar-refractivity contribution < 1.29 is 14.2 Å². The SMILES string of the molecule is Cc1cn(COC(CO)C(C)(S)CF)c(=O)[nH]c1=O. The standard InChI is InChI=1S/C11H17FN2O4S/c1-7-3-14(10(17)13-9(7)16)6-18-8(4-15)11(2,19)5-12/h3,8,15,19H,4-6H2,1-2H3,(H,13,16,17). The lowest BCUT2D eigenvalue weighted by molar-refractivity contribution is -0.0463. The number of hydrogen-bond acceptors (Lipinski definition) is 5. The number of aliphatic hydroxyl groups excluding tert-OH is 1. The minimum Gasteiger partial charge on any atom is -0.394 e. The molecule has 108 valence electrons. The van der Waals surface area contributed by atoms with Gasteiger partial charge in [0.1, 0.15) is 13.4 Å². The molecule has 0 bridgehead atoms. The summed E-state index contributed by atoms with van der Waals surface area (Å²) in [6.45, 7) is 1.60. The number of aromatic amines is 1. The first-order valence-electron chi connectivity index (χ1n) is 5.63. The Hall–Kier alpha value is -1.12. The quantitative estimate of drug-likeness (QED) is 0.636. The molecule has 0 fully saturated rings. The van der Waals surface area contributed by atoms with E-state index in [2.05, 4.69) is 17.6 Å². The number of ether oxygens (including phenoxy) is 1. The summed E-state index contributed by atoms with van der Waals surface area (Å²) in [5.41, 5.74) is -0.751. The lowest BCUT2D eigenvalue weighted by atomic mass is 10.1. The van der Waals surface area contributed by atoms with Gasteiger partial charge in [-0.2, -0.15) is 12.6 Å². The predicted molar refractivity (Wildman–Crippen MR) is 71.4 cm³/mol. The number of halogens is 1. The van der Waals surface area contributed by atoms with E-state index in [9.17, 15) is 14.0 Å². The first kappa shape index (κ1) is 15.9. The average Bonchev–Trinajstić information content (AvgIpc) is 2.35. The van der Waals surface area contributed by atoms with Gasteiger partial charge in [-0.25, -0.2) is 9.18 Å². The van der Waals surface area contributed by atoms with Crippen molar-refractivity contribution in [3.8, 4) is 0 Å². The molecule has 0 aliphatic rings. The maximum absolute atomic E-state index is 12.7. The number of aromatic nitrogens is 2. The van der Waals surface area contributed by atoms with E-state index in [0.29, 0.717) is 5.56 Å². The molecule has 2 N–H and O–H groups in total. The summed E-state index contributed by atoms with van der Waals surface area (Å²) < 4.78 is 18.0. The first-order chi connectivity index (χ1) is 8.81. The molecule has 0 aliphatic carbocycles. The minimum atomic E-state index is -1.16. The summed E-state index contributed by atoms with van der Waals surface area (Å²) in [5, 5.41) is 9.15. The molecule has 0 spiro atoms. The van der Waals surface area contributed by atoms with Crippen LogP contribution in [0.15, 0.2) is 15.8 Å². The van der Waals surface area contributed by atoms with Gasteiger partial charge in [-0.3, -0.25) is 14.3 Å². The Kier molecular flexibility index (Phi) is 5.33. The number of aryl methyl sites for hydroxylation is 1. The second kappa shape index (κ2) is 6.36. The molecular weight excluding hydrogens is 275 g/mol. The predicted octanol–water partition coefficient (Wildman–Crippen LogP) is -0.162. The number of nitrogens with one attached hydrogen (secondary N) is 1. The Bertz CT molecular complexity index is 540. The Balaban J connectivity index is 2.84. The number of alkyl halides is 1. The van der Waals surface area contributed by atoms with Crippen molar-refractivity contribution in [2.75, 3.05) is 13.3 Å². The topological polar surface area (TPSA) is 84.3 Å². The second-order valence-corrected chi connectivity index (χ2v) is 5.52. The molecule has 1 aromatic heterocycles. The highest BCUT2D eigenvalue weighted by atomic mass is 32.1. The lowest BCUT2D eigenvalue weighted by Crippen LogP contribution is -2.42. The number of H-pyrrole nitrogens is 1. The normalized spacial score (nSPS) is 16.1. The largest absolute Gasteiger partial charge is 0.394 e. The zero-order chi connectivity index (χ0) is 14.6.